The van der Waals surface area contributed by atoms with Gasteiger partial charge in [-0.25, -0.2) is 0 Å². The van der Waals surface area contributed by atoms with Gasteiger partial charge in [-0.1, -0.05) is 80.6 Å². The summed E-state index contributed by atoms with van der Waals surface area (Å²) in [5.41, 5.74) is 8.81. The van der Waals surface area contributed by atoms with Gasteiger partial charge in [0.25, 0.3) is 0 Å². The van der Waals surface area contributed by atoms with E-state index in [-0.39, 0.29) is 34.6 Å². The number of hydrogen-bond acceptors (Lipinski definition) is 8. The van der Waals surface area contributed by atoms with E-state index in [1.54, 1.807) is 7.11 Å². The van der Waals surface area contributed by atoms with E-state index in [1.165, 1.54) is 38.9 Å². The van der Waals surface area contributed by atoms with Gasteiger partial charge in [-0.3, -0.25) is 0 Å². The lowest BCUT2D eigenvalue weighted by Gasteiger charge is -2.52. The molecule has 3 atom stereocenters. The van der Waals surface area contributed by atoms with Crippen LogP contribution in [0.1, 0.15) is 104 Å². The fourth-order valence-electron chi connectivity index (χ4n) is 11.7. The largest absolute Gasteiger partial charge is 0.491 e. The van der Waals surface area contributed by atoms with E-state index in [9.17, 15) is 0 Å². The molecule has 3 heterocycles. The molecule has 0 aromatic heterocycles. The monoisotopic (exact) mass is 923 g/mol. The van der Waals surface area contributed by atoms with Crippen molar-refractivity contribution in [1.29, 1.82) is 0 Å². The molecule has 0 N–H and O–H groups in total. The second-order valence-electron chi connectivity index (χ2n) is 20.6. The average Bonchev–Trinajstić information content (AvgIpc) is 4.21. The molecule has 0 bridgehead atoms. The second kappa shape index (κ2) is 21.4. The molecule has 0 radical (unpaired) electrons. The van der Waals surface area contributed by atoms with Crippen LogP contribution in [-0.4, -0.2) is 78.3 Å². The van der Waals surface area contributed by atoms with Gasteiger partial charge in [0, 0.05) is 17.9 Å². The molecular weight excluding hydrogens is 849 g/mol. The summed E-state index contributed by atoms with van der Waals surface area (Å²) in [6, 6.07) is 29.7. The SMILES string of the molecule is C=CCc1cc(C2(c3ccc(OCC4CO4)cc3)CCC(C(C)(C)C3CCC(c4ccc(OCC5CO5)c(CC=C)c4)(c4ccc(OCC5CO5)c(CC=C)c4)CC3)CC2)ccc1OCCOC. The van der Waals surface area contributed by atoms with Gasteiger partial charge in [0.2, 0.25) is 0 Å². The Hall–Kier alpha value is -4.86. The lowest BCUT2D eigenvalue weighted by Crippen LogP contribution is -2.43. The standard InChI is InChI=1S/C60H74O8/c1-7-10-42-33-48(15-20-55(42)62-32-31-61-6)59(47-13-18-51(19-14-47)63-36-52-37-64-52)27-23-45(24-28-59)58(4,5)46-25-29-60(30-26-46,49-16-21-56(43(34-49)11-8-2)67-40-53-38-65-53)50-17-22-57(44(35-50)12-9-3)68-41-54-39-66-54/h7-9,13-22,33-35,45-46,52-54H,1-3,10-12,23-32,36-41H2,4-6H3. The minimum Gasteiger partial charge on any atom is -0.491 e. The third-order valence-corrected chi connectivity index (χ3v) is 16.2. The van der Waals surface area contributed by atoms with Gasteiger partial charge in [-0.05, 0) is 157 Å². The highest BCUT2D eigenvalue weighted by Gasteiger charge is 2.48. The molecule has 3 aliphatic heterocycles. The minimum absolute atomic E-state index is 0.136. The predicted molar refractivity (Wildman–Crippen MR) is 270 cm³/mol. The summed E-state index contributed by atoms with van der Waals surface area (Å²) in [6.07, 6.45) is 17.7. The Morgan fingerprint density at radius 1 is 0.515 bits per heavy atom. The van der Waals surface area contributed by atoms with E-state index >= 15 is 0 Å². The van der Waals surface area contributed by atoms with E-state index in [0.29, 0.717) is 44.9 Å². The third-order valence-electron chi connectivity index (χ3n) is 16.2. The van der Waals surface area contributed by atoms with Crippen molar-refractivity contribution in [1.82, 2.24) is 0 Å². The molecule has 5 fully saturated rings. The molecule has 4 aromatic rings. The van der Waals surface area contributed by atoms with Crippen molar-refractivity contribution in [3.8, 4) is 23.0 Å². The highest BCUT2D eigenvalue weighted by Crippen LogP contribution is 2.58. The van der Waals surface area contributed by atoms with Gasteiger partial charge in [-0.15, -0.1) is 19.7 Å². The van der Waals surface area contributed by atoms with Gasteiger partial charge in [0.15, 0.2) is 0 Å². The molecule has 0 amide bonds. The molecule has 8 nitrogen and oxygen atoms in total. The molecule has 2 saturated carbocycles. The van der Waals surface area contributed by atoms with E-state index in [2.05, 4.69) is 112 Å². The van der Waals surface area contributed by atoms with Crippen LogP contribution in [0.15, 0.2) is 117 Å². The summed E-state index contributed by atoms with van der Waals surface area (Å²) < 4.78 is 46.7. The van der Waals surface area contributed by atoms with Crippen LogP contribution in [0.3, 0.4) is 0 Å². The molecule has 8 heteroatoms. The number of rotatable bonds is 25. The van der Waals surface area contributed by atoms with E-state index in [1.807, 2.05) is 18.2 Å². The van der Waals surface area contributed by atoms with Crippen molar-refractivity contribution >= 4 is 0 Å². The summed E-state index contributed by atoms with van der Waals surface area (Å²) in [4.78, 5) is 0. The van der Waals surface area contributed by atoms with Crippen molar-refractivity contribution in [2.24, 2.45) is 17.3 Å². The van der Waals surface area contributed by atoms with Crippen LogP contribution in [0, 0.1) is 17.3 Å². The fourth-order valence-corrected chi connectivity index (χ4v) is 11.7. The van der Waals surface area contributed by atoms with Gasteiger partial charge in [0.1, 0.15) is 67.7 Å². The predicted octanol–water partition coefficient (Wildman–Crippen LogP) is 11.9. The molecule has 3 unspecified atom stereocenters. The van der Waals surface area contributed by atoms with Crippen LogP contribution < -0.4 is 18.9 Å². The van der Waals surface area contributed by atoms with Crippen molar-refractivity contribution in [3.63, 3.8) is 0 Å². The molecule has 0 spiro atoms. The van der Waals surface area contributed by atoms with Crippen molar-refractivity contribution in [2.45, 2.75) is 114 Å². The lowest BCUT2D eigenvalue weighted by molar-refractivity contribution is 0.0364. The zero-order valence-electron chi connectivity index (χ0n) is 40.9. The smallest absolute Gasteiger partial charge is 0.122 e. The molecule has 9 rings (SSSR count). The van der Waals surface area contributed by atoms with Gasteiger partial charge in [-0.2, -0.15) is 0 Å². The third kappa shape index (κ3) is 10.9. The van der Waals surface area contributed by atoms with Crippen LogP contribution in [0.5, 0.6) is 23.0 Å². The minimum atomic E-state index is -0.166. The number of methoxy groups -OCH3 is 1. The summed E-state index contributed by atoms with van der Waals surface area (Å²) >= 11 is 0. The van der Waals surface area contributed by atoms with Crippen molar-refractivity contribution < 1.29 is 37.9 Å². The Labute approximate surface area is 406 Å². The van der Waals surface area contributed by atoms with Crippen LogP contribution in [0.4, 0.5) is 0 Å². The van der Waals surface area contributed by atoms with Gasteiger partial charge in [0.05, 0.1) is 26.4 Å². The van der Waals surface area contributed by atoms with Crippen LogP contribution >= 0.6 is 0 Å². The first-order chi connectivity index (χ1) is 33.2. The highest BCUT2D eigenvalue weighted by molar-refractivity contribution is 5.51. The molecule has 3 saturated heterocycles. The zero-order chi connectivity index (χ0) is 47.1. The molecule has 68 heavy (non-hydrogen) atoms. The molecule has 5 aliphatic rings. The van der Waals surface area contributed by atoms with E-state index < -0.39 is 0 Å². The summed E-state index contributed by atoms with van der Waals surface area (Å²) in [5, 5.41) is 0. The first-order valence-corrected chi connectivity index (χ1v) is 25.4. The first-order valence-electron chi connectivity index (χ1n) is 25.4. The number of allylic oxidation sites excluding steroid dienone is 3. The number of epoxide rings is 3. The molecule has 362 valence electrons. The summed E-state index contributed by atoms with van der Waals surface area (Å²) in [6.45, 7) is 22.7. The van der Waals surface area contributed by atoms with Gasteiger partial charge >= 0.3 is 0 Å². The zero-order valence-corrected chi connectivity index (χ0v) is 40.9. The quantitative estimate of drug-likeness (QED) is 0.0369. The number of benzene rings is 4. The second-order valence-corrected chi connectivity index (χ2v) is 20.6. The van der Waals surface area contributed by atoms with Crippen molar-refractivity contribution in [3.05, 3.63) is 156 Å². The van der Waals surface area contributed by atoms with Gasteiger partial charge < -0.3 is 37.9 Å². The molecule has 4 aromatic carbocycles. The van der Waals surface area contributed by atoms with E-state index in [4.69, 9.17) is 37.9 Å². The maximum atomic E-state index is 6.34. The normalized spacial score (nSPS) is 26.3. The Kier molecular flexibility index (Phi) is 15.2. The van der Waals surface area contributed by atoms with E-state index in [0.717, 1.165) is 113 Å². The topological polar surface area (TPSA) is 83.7 Å². The van der Waals surface area contributed by atoms with Crippen molar-refractivity contribution in [2.75, 3.05) is 60.0 Å². The Bertz CT molecular complexity index is 2260. The average molecular weight is 923 g/mol. The van der Waals surface area contributed by atoms with Crippen LogP contribution in [0.2, 0.25) is 0 Å². The van der Waals surface area contributed by atoms with Crippen LogP contribution in [0.25, 0.3) is 0 Å². The van der Waals surface area contributed by atoms with Crippen LogP contribution in [-0.2, 0) is 49.0 Å². The molecule has 2 aliphatic carbocycles. The fraction of sp³-hybridized carbons (Fsp3) is 0.500. The number of hydrogen-bond donors (Lipinski definition) is 0. The summed E-state index contributed by atoms with van der Waals surface area (Å²) in [7, 11) is 1.71. The lowest BCUT2D eigenvalue weighted by atomic mass is 9.53. The maximum Gasteiger partial charge on any atom is 0.122 e. The molecular formula is C60H74O8. The first kappa shape index (κ1) is 48.2. The Morgan fingerprint density at radius 2 is 0.882 bits per heavy atom. The maximum absolute atomic E-state index is 6.34. The number of ether oxygens (including phenoxy) is 8. The highest BCUT2D eigenvalue weighted by atomic mass is 16.6. The summed E-state index contributed by atoms with van der Waals surface area (Å²) in [5.74, 6) is 4.84. The Morgan fingerprint density at radius 3 is 1.26 bits per heavy atom. The Balaban J connectivity index is 0.980.